The van der Waals surface area contributed by atoms with Crippen LogP contribution in [0.4, 0.5) is 5.69 Å². The second kappa shape index (κ2) is 8.14. The Morgan fingerprint density at radius 2 is 1.83 bits per heavy atom. The van der Waals surface area contributed by atoms with Gasteiger partial charge in [0.1, 0.15) is 11.6 Å². The second-order valence-electron chi connectivity index (χ2n) is 5.76. The first kappa shape index (κ1) is 16.8. The summed E-state index contributed by atoms with van der Waals surface area (Å²) in [4.78, 5) is 23.3. The zero-order valence-corrected chi connectivity index (χ0v) is 13.3. The molecular weight excluding hydrogens is 290 g/mol. The maximum Gasteiger partial charge on any atom is 0.263 e. The van der Waals surface area contributed by atoms with Crippen LogP contribution in [-0.4, -0.2) is 17.7 Å². The van der Waals surface area contributed by atoms with E-state index in [-0.39, 0.29) is 23.3 Å². The molecule has 0 bridgehead atoms. The first-order valence-corrected chi connectivity index (χ1v) is 7.89. The largest absolute Gasteiger partial charge is 0.360 e. The summed E-state index contributed by atoms with van der Waals surface area (Å²) in [6.45, 7) is 1.51. The van der Waals surface area contributed by atoms with Crippen molar-refractivity contribution in [3.63, 3.8) is 0 Å². The summed E-state index contributed by atoms with van der Waals surface area (Å²) in [7, 11) is 0. The Hall–Kier alpha value is -2.61. The molecule has 0 aromatic heterocycles. The van der Waals surface area contributed by atoms with Crippen molar-refractivity contribution in [3.8, 4) is 6.07 Å². The van der Waals surface area contributed by atoms with Crippen molar-refractivity contribution in [2.24, 2.45) is 0 Å². The fourth-order valence-electron chi connectivity index (χ4n) is 2.62. The van der Waals surface area contributed by atoms with Gasteiger partial charge in [0.05, 0.1) is 0 Å². The summed E-state index contributed by atoms with van der Waals surface area (Å²) in [6, 6.07) is 8.97. The van der Waals surface area contributed by atoms with E-state index in [9.17, 15) is 9.59 Å². The maximum absolute atomic E-state index is 12.1. The number of hydrogen-bond donors (Lipinski definition) is 2. The molecule has 1 aliphatic rings. The normalized spacial score (nSPS) is 15.6. The number of hydrogen-bond acceptors (Lipinski definition) is 4. The molecule has 5 nitrogen and oxygen atoms in total. The number of rotatable bonds is 5. The molecule has 0 atom stereocenters. The van der Waals surface area contributed by atoms with Crippen molar-refractivity contribution in [3.05, 3.63) is 41.6 Å². The number of benzene rings is 1. The van der Waals surface area contributed by atoms with Crippen molar-refractivity contribution in [1.29, 1.82) is 5.26 Å². The van der Waals surface area contributed by atoms with Crippen LogP contribution < -0.4 is 10.6 Å². The molecule has 0 saturated heterocycles. The molecule has 0 unspecified atom stereocenters. The minimum Gasteiger partial charge on any atom is -0.360 e. The smallest absolute Gasteiger partial charge is 0.263 e. The monoisotopic (exact) mass is 311 g/mol. The molecule has 1 fully saturated rings. The summed E-state index contributed by atoms with van der Waals surface area (Å²) in [5, 5.41) is 15.0. The van der Waals surface area contributed by atoms with E-state index in [1.807, 2.05) is 6.07 Å². The summed E-state index contributed by atoms with van der Waals surface area (Å²) in [5.74, 6) is -0.344. The minimum atomic E-state index is -0.341. The second-order valence-corrected chi connectivity index (χ2v) is 5.76. The number of nitriles is 1. The van der Waals surface area contributed by atoms with Crippen LogP contribution in [0.5, 0.6) is 0 Å². The van der Waals surface area contributed by atoms with Crippen LogP contribution in [0.2, 0.25) is 0 Å². The topological polar surface area (TPSA) is 82.0 Å². The van der Waals surface area contributed by atoms with Crippen LogP contribution in [0.3, 0.4) is 0 Å². The highest BCUT2D eigenvalue weighted by Gasteiger charge is 2.17. The van der Waals surface area contributed by atoms with Crippen molar-refractivity contribution in [1.82, 2.24) is 5.32 Å². The molecule has 0 spiro atoms. The van der Waals surface area contributed by atoms with E-state index in [4.69, 9.17) is 5.26 Å². The molecule has 1 amide bonds. The Balaban J connectivity index is 1.96. The molecule has 0 aliphatic heterocycles. The molecule has 1 aromatic rings. The van der Waals surface area contributed by atoms with Crippen molar-refractivity contribution in [2.45, 2.75) is 45.1 Å². The van der Waals surface area contributed by atoms with Gasteiger partial charge in [-0.15, -0.1) is 0 Å². The van der Waals surface area contributed by atoms with Gasteiger partial charge < -0.3 is 10.6 Å². The highest BCUT2D eigenvalue weighted by Crippen LogP contribution is 2.17. The van der Waals surface area contributed by atoms with Crippen LogP contribution in [0, 0.1) is 11.3 Å². The van der Waals surface area contributed by atoms with E-state index in [0.29, 0.717) is 11.3 Å². The Labute approximate surface area is 136 Å². The molecule has 23 heavy (non-hydrogen) atoms. The van der Waals surface area contributed by atoms with Crippen LogP contribution in [-0.2, 0) is 4.79 Å². The molecule has 0 radical (unpaired) electrons. The van der Waals surface area contributed by atoms with Gasteiger partial charge in [-0.3, -0.25) is 9.59 Å². The zero-order chi connectivity index (χ0) is 16.7. The number of carbonyl (C=O) groups excluding carboxylic acids is 2. The van der Waals surface area contributed by atoms with E-state index in [2.05, 4.69) is 10.6 Å². The molecule has 2 N–H and O–H groups in total. The van der Waals surface area contributed by atoms with Gasteiger partial charge in [-0.2, -0.15) is 5.26 Å². The number of anilines is 1. The molecule has 1 saturated carbocycles. The van der Waals surface area contributed by atoms with Crippen LogP contribution >= 0.6 is 0 Å². The van der Waals surface area contributed by atoms with Crippen LogP contribution in [0.15, 0.2) is 36.0 Å². The Kier molecular flexibility index (Phi) is 5.93. The van der Waals surface area contributed by atoms with E-state index in [1.165, 1.54) is 19.5 Å². The van der Waals surface area contributed by atoms with Gasteiger partial charge in [0.2, 0.25) is 0 Å². The third-order valence-electron chi connectivity index (χ3n) is 3.98. The quantitative estimate of drug-likeness (QED) is 0.497. The van der Waals surface area contributed by atoms with Crippen molar-refractivity contribution in [2.75, 3.05) is 5.32 Å². The number of nitrogens with one attached hydrogen (secondary N) is 2. The molecular formula is C18H21N3O2. The molecule has 1 aliphatic carbocycles. The van der Waals surface area contributed by atoms with Crippen molar-refractivity contribution < 1.29 is 9.59 Å². The lowest BCUT2D eigenvalue weighted by molar-refractivity contribution is -0.118. The summed E-state index contributed by atoms with van der Waals surface area (Å²) in [6.07, 6.45) is 6.81. The fraction of sp³-hybridized carbons (Fsp3) is 0.389. The summed E-state index contributed by atoms with van der Waals surface area (Å²) < 4.78 is 0. The number of carbonyl (C=O) groups is 2. The lowest BCUT2D eigenvalue weighted by Crippen LogP contribution is -2.37. The Morgan fingerprint density at radius 3 is 2.39 bits per heavy atom. The van der Waals surface area contributed by atoms with E-state index in [0.717, 1.165) is 25.7 Å². The number of Topliss-reactive ketones (excluding diaryl/α,β-unsaturated/α-hetero) is 1. The minimum absolute atomic E-state index is 0.00309. The first-order chi connectivity index (χ1) is 11.1. The third kappa shape index (κ3) is 4.96. The standard InChI is InChI=1S/C18H21N3O2/c1-13(22)14-7-9-16(10-8-14)20-12-15(11-19)18(23)21-17-5-3-2-4-6-17/h7-10,12,17,20H,2-6H2,1H3,(H,21,23)/b15-12-. The number of nitrogens with zero attached hydrogens (tertiary/aromatic N) is 1. The van der Waals surface area contributed by atoms with Gasteiger partial charge in [0.15, 0.2) is 5.78 Å². The molecule has 120 valence electrons. The lowest BCUT2D eigenvalue weighted by atomic mass is 9.95. The first-order valence-electron chi connectivity index (χ1n) is 7.89. The highest BCUT2D eigenvalue weighted by molar-refractivity contribution is 5.97. The van der Waals surface area contributed by atoms with Crippen LogP contribution in [0.1, 0.15) is 49.4 Å². The van der Waals surface area contributed by atoms with E-state index >= 15 is 0 Å². The van der Waals surface area contributed by atoms with Gasteiger partial charge in [-0.1, -0.05) is 19.3 Å². The SMILES string of the molecule is CC(=O)c1ccc(N/C=C(/C#N)C(=O)NC2CCCCC2)cc1. The Bertz CT molecular complexity index is 635. The highest BCUT2D eigenvalue weighted by atomic mass is 16.1. The predicted octanol–water partition coefficient (Wildman–Crippen LogP) is 3.16. The summed E-state index contributed by atoms with van der Waals surface area (Å²) in [5.41, 5.74) is 1.38. The number of ketones is 1. The van der Waals surface area contributed by atoms with Crippen molar-refractivity contribution >= 4 is 17.4 Å². The van der Waals surface area contributed by atoms with E-state index in [1.54, 1.807) is 24.3 Å². The average Bonchev–Trinajstić information content (AvgIpc) is 2.56. The lowest BCUT2D eigenvalue weighted by Gasteiger charge is -2.22. The van der Waals surface area contributed by atoms with Gasteiger partial charge in [0.25, 0.3) is 5.91 Å². The molecule has 0 heterocycles. The van der Waals surface area contributed by atoms with Gasteiger partial charge >= 0.3 is 0 Å². The average molecular weight is 311 g/mol. The van der Waals surface area contributed by atoms with E-state index < -0.39 is 0 Å². The third-order valence-corrected chi connectivity index (χ3v) is 3.98. The maximum atomic E-state index is 12.1. The Morgan fingerprint density at radius 1 is 1.17 bits per heavy atom. The zero-order valence-electron chi connectivity index (χ0n) is 13.3. The van der Waals surface area contributed by atoms with Gasteiger partial charge in [0, 0.05) is 23.5 Å². The van der Waals surface area contributed by atoms with Crippen LogP contribution in [0.25, 0.3) is 0 Å². The molecule has 1 aromatic carbocycles. The summed E-state index contributed by atoms with van der Waals surface area (Å²) >= 11 is 0. The molecule has 2 rings (SSSR count). The molecule has 5 heteroatoms. The number of amides is 1. The fourth-order valence-corrected chi connectivity index (χ4v) is 2.62. The van der Waals surface area contributed by atoms with Gasteiger partial charge in [-0.05, 0) is 44.0 Å². The van der Waals surface area contributed by atoms with Gasteiger partial charge in [-0.25, -0.2) is 0 Å². The predicted molar refractivity (Wildman–Crippen MR) is 88.8 cm³/mol.